The number of aromatic nitrogens is 3. The molecule has 1 aliphatic rings. The zero-order chi connectivity index (χ0) is 12.5. The molecule has 94 valence electrons. The first-order valence-electron chi connectivity index (χ1n) is 6.36. The first-order chi connectivity index (χ1) is 8.75. The highest BCUT2D eigenvalue weighted by molar-refractivity contribution is 5.99. The van der Waals surface area contributed by atoms with Crippen molar-refractivity contribution in [3.05, 3.63) is 24.0 Å². The fourth-order valence-electron chi connectivity index (χ4n) is 2.41. The number of fused-ring (bicyclic) bond motifs is 1. The van der Waals surface area contributed by atoms with Gasteiger partial charge in [0.05, 0.1) is 11.8 Å². The zero-order valence-electron chi connectivity index (χ0n) is 10.5. The molecule has 0 aromatic carbocycles. The van der Waals surface area contributed by atoms with E-state index in [0.717, 1.165) is 18.9 Å². The van der Waals surface area contributed by atoms with Crippen molar-refractivity contribution in [2.75, 3.05) is 18.0 Å². The van der Waals surface area contributed by atoms with Crippen molar-refractivity contribution in [2.24, 2.45) is 0 Å². The average molecular weight is 244 g/mol. The quantitative estimate of drug-likeness (QED) is 0.757. The number of nitrogens with zero attached hydrogens (tertiary/aromatic N) is 4. The van der Waals surface area contributed by atoms with Crippen LogP contribution in [-0.2, 0) is 0 Å². The Hall–Kier alpha value is -1.91. The highest BCUT2D eigenvalue weighted by Gasteiger charge is 2.15. The summed E-state index contributed by atoms with van der Waals surface area (Å²) in [5.41, 5.74) is 1.25. The fraction of sp³-hybridized carbons (Fsp3) is 0.462. The SMILES string of the molecule is CC(=O)c1cnn2ccc(N3CCCCC3)nc12. The molecule has 0 aliphatic carbocycles. The van der Waals surface area contributed by atoms with Crippen LogP contribution in [0.2, 0.25) is 0 Å². The minimum absolute atomic E-state index is 0.00768. The molecule has 0 bridgehead atoms. The molecule has 0 spiro atoms. The number of hydrogen-bond acceptors (Lipinski definition) is 4. The Labute approximate surface area is 105 Å². The summed E-state index contributed by atoms with van der Waals surface area (Å²) in [5.74, 6) is 0.957. The maximum Gasteiger partial charge on any atom is 0.168 e. The number of hydrogen-bond donors (Lipinski definition) is 0. The van der Waals surface area contributed by atoms with Gasteiger partial charge in [-0.2, -0.15) is 5.10 Å². The first kappa shape index (κ1) is 11.2. The summed E-state index contributed by atoms with van der Waals surface area (Å²) in [6.45, 7) is 3.64. The molecule has 3 rings (SSSR count). The minimum atomic E-state index is 0.00768. The Morgan fingerprint density at radius 3 is 2.78 bits per heavy atom. The van der Waals surface area contributed by atoms with Gasteiger partial charge in [0.1, 0.15) is 5.82 Å². The molecule has 5 heteroatoms. The number of carbonyl (C=O) groups is 1. The van der Waals surface area contributed by atoms with Gasteiger partial charge in [-0.3, -0.25) is 4.79 Å². The van der Waals surface area contributed by atoms with Gasteiger partial charge < -0.3 is 4.90 Å². The van der Waals surface area contributed by atoms with E-state index >= 15 is 0 Å². The van der Waals surface area contributed by atoms with E-state index in [1.807, 2.05) is 12.3 Å². The Kier molecular flexibility index (Phi) is 2.74. The third-order valence-electron chi connectivity index (χ3n) is 3.41. The van der Waals surface area contributed by atoms with Gasteiger partial charge in [0.15, 0.2) is 11.4 Å². The summed E-state index contributed by atoms with van der Waals surface area (Å²) in [6.07, 6.45) is 7.19. The van der Waals surface area contributed by atoms with E-state index in [1.54, 1.807) is 17.6 Å². The highest BCUT2D eigenvalue weighted by atomic mass is 16.1. The largest absolute Gasteiger partial charge is 0.357 e. The molecule has 3 heterocycles. The predicted molar refractivity (Wildman–Crippen MR) is 69.1 cm³/mol. The fourth-order valence-corrected chi connectivity index (χ4v) is 2.41. The van der Waals surface area contributed by atoms with Crippen LogP contribution in [0.1, 0.15) is 36.5 Å². The summed E-state index contributed by atoms with van der Waals surface area (Å²) < 4.78 is 1.66. The van der Waals surface area contributed by atoms with Crippen molar-refractivity contribution in [2.45, 2.75) is 26.2 Å². The van der Waals surface area contributed by atoms with Crippen LogP contribution in [0.4, 0.5) is 5.82 Å². The van der Waals surface area contributed by atoms with Gasteiger partial charge in [-0.15, -0.1) is 0 Å². The van der Waals surface area contributed by atoms with Crippen molar-refractivity contribution in [3.63, 3.8) is 0 Å². The number of anilines is 1. The lowest BCUT2D eigenvalue weighted by Gasteiger charge is -2.27. The van der Waals surface area contributed by atoms with E-state index in [0.29, 0.717) is 11.2 Å². The predicted octanol–water partition coefficient (Wildman–Crippen LogP) is 1.92. The van der Waals surface area contributed by atoms with Crippen LogP contribution >= 0.6 is 0 Å². The Bertz CT molecular complexity index is 584. The molecule has 2 aromatic heterocycles. The van der Waals surface area contributed by atoms with Crippen LogP contribution in [-0.4, -0.2) is 33.5 Å². The lowest BCUT2D eigenvalue weighted by molar-refractivity contribution is 0.101. The molecule has 0 radical (unpaired) electrons. The molecule has 0 saturated carbocycles. The van der Waals surface area contributed by atoms with Crippen LogP contribution in [0.25, 0.3) is 5.65 Å². The summed E-state index contributed by atoms with van der Waals surface area (Å²) in [4.78, 5) is 18.4. The van der Waals surface area contributed by atoms with Gasteiger partial charge in [-0.1, -0.05) is 0 Å². The summed E-state index contributed by atoms with van der Waals surface area (Å²) in [7, 11) is 0. The van der Waals surface area contributed by atoms with Crippen molar-refractivity contribution in [1.29, 1.82) is 0 Å². The normalized spacial score (nSPS) is 16.2. The molecule has 0 amide bonds. The zero-order valence-corrected chi connectivity index (χ0v) is 10.5. The molecule has 2 aromatic rings. The number of ketones is 1. The van der Waals surface area contributed by atoms with E-state index in [-0.39, 0.29) is 5.78 Å². The standard InChI is InChI=1S/C13H16N4O/c1-10(18)11-9-14-17-8-5-12(15-13(11)17)16-6-3-2-4-7-16/h5,8-9H,2-4,6-7H2,1H3. The third-order valence-corrected chi connectivity index (χ3v) is 3.41. The number of carbonyl (C=O) groups excluding carboxylic acids is 1. The van der Waals surface area contributed by atoms with Crippen LogP contribution < -0.4 is 4.90 Å². The Morgan fingerprint density at radius 2 is 2.06 bits per heavy atom. The molecular formula is C13H16N4O. The minimum Gasteiger partial charge on any atom is -0.357 e. The molecule has 0 N–H and O–H groups in total. The molecule has 1 aliphatic heterocycles. The van der Waals surface area contributed by atoms with Crippen molar-refractivity contribution in [3.8, 4) is 0 Å². The Morgan fingerprint density at radius 1 is 1.28 bits per heavy atom. The maximum atomic E-state index is 11.5. The monoisotopic (exact) mass is 244 g/mol. The van der Waals surface area contributed by atoms with Crippen LogP contribution in [0.5, 0.6) is 0 Å². The number of piperidine rings is 1. The second-order valence-corrected chi connectivity index (χ2v) is 4.72. The van der Waals surface area contributed by atoms with Crippen molar-refractivity contribution >= 4 is 17.2 Å². The van der Waals surface area contributed by atoms with E-state index in [1.165, 1.54) is 19.3 Å². The van der Waals surface area contributed by atoms with Gasteiger partial charge in [0, 0.05) is 19.3 Å². The van der Waals surface area contributed by atoms with Gasteiger partial charge in [0.2, 0.25) is 0 Å². The second-order valence-electron chi connectivity index (χ2n) is 4.72. The lowest BCUT2D eigenvalue weighted by atomic mass is 10.1. The van der Waals surface area contributed by atoms with E-state index in [2.05, 4.69) is 15.0 Å². The van der Waals surface area contributed by atoms with Gasteiger partial charge in [0.25, 0.3) is 0 Å². The molecule has 18 heavy (non-hydrogen) atoms. The molecule has 1 fully saturated rings. The number of rotatable bonds is 2. The summed E-state index contributed by atoms with van der Waals surface area (Å²) in [6, 6.07) is 1.97. The van der Waals surface area contributed by atoms with E-state index in [9.17, 15) is 4.79 Å². The van der Waals surface area contributed by atoms with Crippen LogP contribution in [0, 0.1) is 0 Å². The average Bonchev–Trinajstić information content (AvgIpc) is 2.82. The van der Waals surface area contributed by atoms with Gasteiger partial charge in [-0.25, -0.2) is 9.50 Å². The van der Waals surface area contributed by atoms with Crippen molar-refractivity contribution < 1.29 is 4.79 Å². The molecular weight excluding hydrogens is 228 g/mol. The molecule has 0 atom stereocenters. The lowest BCUT2D eigenvalue weighted by Crippen LogP contribution is -2.30. The maximum absolute atomic E-state index is 11.5. The Balaban J connectivity index is 2.03. The van der Waals surface area contributed by atoms with Gasteiger partial charge >= 0.3 is 0 Å². The summed E-state index contributed by atoms with van der Waals surface area (Å²) in [5, 5.41) is 4.14. The van der Waals surface area contributed by atoms with Crippen molar-refractivity contribution in [1.82, 2.24) is 14.6 Å². The number of Topliss-reactive ketones (excluding diaryl/α,β-unsaturated/α-hetero) is 1. The second kappa shape index (κ2) is 4.40. The summed E-state index contributed by atoms with van der Waals surface area (Å²) >= 11 is 0. The topological polar surface area (TPSA) is 50.5 Å². The molecule has 0 unspecified atom stereocenters. The molecule has 5 nitrogen and oxygen atoms in total. The van der Waals surface area contributed by atoms with E-state index < -0.39 is 0 Å². The molecule has 1 saturated heterocycles. The first-order valence-corrected chi connectivity index (χ1v) is 6.36. The highest BCUT2D eigenvalue weighted by Crippen LogP contribution is 2.19. The smallest absolute Gasteiger partial charge is 0.168 e. The van der Waals surface area contributed by atoms with Crippen LogP contribution in [0.15, 0.2) is 18.5 Å². The van der Waals surface area contributed by atoms with Crippen LogP contribution in [0.3, 0.4) is 0 Å². The van der Waals surface area contributed by atoms with Gasteiger partial charge in [-0.05, 0) is 32.3 Å². The third kappa shape index (κ3) is 1.85. The van der Waals surface area contributed by atoms with E-state index in [4.69, 9.17) is 0 Å².